The van der Waals surface area contributed by atoms with Crippen molar-refractivity contribution in [2.24, 2.45) is 4.99 Å². The second-order valence-corrected chi connectivity index (χ2v) is 6.75. The molecule has 2 N–H and O–H groups in total. The van der Waals surface area contributed by atoms with Gasteiger partial charge in [0.05, 0.1) is 13.1 Å². The molecule has 2 atom stereocenters. The molecule has 5 nitrogen and oxygen atoms in total. The minimum absolute atomic E-state index is 0. The zero-order chi connectivity index (χ0) is 18.6. The van der Waals surface area contributed by atoms with E-state index in [-0.39, 0.29) is 36.1 Å². The second-order valence-electron chi connectivity index (χ2n) is 6.75. The fourth-order valence-corrected chi connectivity index (χ4v) is 3.41. The van der Waals surface area contributed by atoms with Gasteiger partial charge in [0, 0.05) is 32.1 Å². The van der Waals surface area contributed by atoms with Crippen molar-refractivity contribution in [2.75, 3.05) is 32.7 Å². The molecule has 1 fully saturated rings. The number of hydrogen-bond acceptors (Lipinski definition) is 3. The van der Waals surface area contributed by atoms with E-state index < -0.39 is 12.7 Å². The largest absolute Gasteiger partial charge is 0.488 e. The molecule has 0 amide bonds. The Kier molecular flexibility index (Phi) is 8.02. The maximum absolute atomic E-state index is 12.5. The van der Waals surface area contributed by atoms with Crippen LogP contribution in [0.4, 0.5) is 13.2 Å². The smallest absolute Gasteiger partial charge is 0.401 e. The number of benzene rings is 1. The molecule has 0 saturated carbocycles. The summed E-state index contributed by atoms with van der Waals surface area (Å²) in [5.41, 5.74) is 1.18. The zero-order valence-electron chi connectivity index (χ0n) is 15.3. The van der Waals surface area contributed by atoms with E-state index in [0.29, 0.717) is 38.6 Å². The molecule has 2 heterocycles. The second kappa shape index (κ2) is 9.81. The maximum atomic E-state index is 12.5. The van der Waals surface area contributed by atoms with Crippen LogP contribution in [0.25, 0.3) is 0 Å². The lowest BCUT2D eigenvalue weighted by atomic mass is 10.1. The summed E-state index contributed by atoms with van der Waals surface area (Å²) in [5.74, 6) is 1.54. The van der Waals surface area contributed by atoms with Gasteiger partial charge in [0.25, 0.3) is 0 Å². The van der Waals surface area contributed by atoms with E-state index in [2.05, 4.69) is 21.7 Å². The molecule has 0 radical (unpaired) electrons. The zero-order valence-corrected chi connectivity index (χ0v) is 17.6. The van der Waals surface area contributed by atoms with Crippen molar-refractivity contribution in [3.05, 3.63) is 29.8 Å². The lowest BCUT2D eigenvalue weighted by Gasteiger charge is -2.20. The van der Waals surface area contributed by atoms with Crippen molar-refractivity contribution in [3.8, 4) is 5.75 Å². The molecule has 1 saturated heterocycles. The summed E-state index contributed by atoms with van der Waals surface area (Å²) in [6, 6.07) is 7.92. The maximum Gasteiger partial charge on any atom is 0.401 e. The van der Waals surface area contributed by atoms with E-state index in [1.807, 2.05) is 25.1 Å². The van der Waals surface area contributed by atoms with Gasteiger partial charge in [-0.2, -0.15) is 13.2 Å². The summed E-state index contributed by atoms with van der Waals surface area (Å²) in [7, 11) is 0. The molecule has 2 aliphatic rings. The number of aliphatic imine (C=N–C) groups is 1. The summed E-state index contributed by atoms with van der Waals surface area (Å²) in [5, 5.41) is 6.41. The van der Waals surface area contributed by atoms with E-state index in [0.717, 1.165) is 12.2 Å². The minimum atomic E-state index is -4.15. The molecule has 3 rings (SSSR count). The van der Waals surface area contributed by atoms with Gasteiger partial charge >= 0.3 is 6.18 Å². The quantitative estimate of drug-likeness (QED) is 0.373. The van der Waals surface area contributed by atoms with E-state index in [1.165, 1.54) is 10.5 Å². The molecular weight excluding hydrogens is 472 g/mol. The highest BCUT2D eigenvalue weighted by Crippen LogP contribution is 2.28. The van der Waals surface area contributed by atoms with Crippen LogP contribution in [-0.2, 0) is 6.42 Å². The van der Waals surface area contributed by atoms with Crippen LogP contribution in [0.3, 0.4) is 0 Å². The molecule has 27 heavy (non-hydrogen) atoms. The van der Waals surface area contributed by atoms with E-state index >= 15 is 0 Å². The number of nitrogens with zero attached hydrogens (tertiary/aromatic N) is 2. The van der Waals surface area contributed by atoms with E-state index in [9.17, 15) is 13.2 Å². The first-order chi connectivity index (χ1) is 12.4. The topological polar surface area (TPSA) is 48.9 Å². The van der Waals surface area contributed by atoms with E-state index in [1.54, 1.807) is 0 Å². The van der Waals surface area contributed by atoms with Gasteiger partial charge in [-0.05, 0) is 25.0 Å². The number of fused-ring (bicyclic) bond motifs is 1. The van der Waals surface area contributed by atoms with Crippen LogP contribution in [0.5, 0.6) is 5.75 Å². The molecule has 0 bridgehead atoms. The first kappa shape index (κ1) is 22.1. The molecule has 1 aromatic rings. The van der Waals surface area contributed by atoms with Crippen LogP contribution >= 0.6 is 24.0 Å². The number of ether oxygens (including phenoxy) is 1. The van der Waals surface area contributed by atoms with Crippen LogP contribution in [-0.4, -0.2) is 61.9 Å². The summed E-state index contributed by atoms with van der Waals surface area (Å²) >= 11 is 0. The number of alkyl halides is 3. The normalized spacial score (nSPS) is 22.7. The van der Waals surface area contributed by atoms with Gasteiger partial charge in [-0.1, -0.05) is 18.2 Å². The van der Waals surface area contributed by atoms with Crippen LogP contribution in [0, 0.1) is 0 Å². The average molecular weight is 498 g/mol. The SMILES string of the molecule is CCNC(=NCC1Cc2ccccc2O1)NC1CCN(CC(F)(F)F)C1.I. The number of rotatable bonds is 5. The number of guanidine groups is 1. The van der Waals surface area contributed by atoms with Crippen molar-refractivity contribution in [1.82, 2.24) is 15.5 Å². The molecule has 2 aliphatic heterocycles. The fourth-order valence-electron chi connectivity index (χ4n) is 3.41. The van der Waals surface area contributed by atoms with E-state index in [4.69, 9.17) is 4.74 Å². The van der Waals surface area contributed by atoms with Gasteiger partial charge in [0.1, 0.15) is 11.9 Å². The highest BCUT2D eigenvalue weighted by atomic mass is 127. The predicted molar refractivity (Wildman–Crippen MR) is 110 cm³/mol. The van der Waals surface area contributed by atoms with Gasteiger partial charge in [-0.25, -0.2) is 4.99 Å². The van der Waals surface area contributed by atoms with Crippen molar-refractivity contribution < 1.29 is 17.9 Å². The number of para-hydroxylation sites is 1. The summed E-state index contributed by atoms with van der Waals surface area (Å²) < 4.78 is 43.4. The molecule has 9 heteroatoms. The van der Waals surface area contributed by atoms with Gasteiger partial charge in [0.15, 0.2) is 5.96 Å². The first-order valence-corrected chi connectivity index (χ1v) is 9.01. The Morgan fingerprint density at radius 1 is 1.33 bits per heavy atom. The third kappa shape index (κ3) is 6.70. The van der Waals surface area contributed by atoms with Crippen molar-refractivity contribution in [1.29, 1.82) is 0 Å². The van der Waals surface area contributed by atoms with Crippen LogP contribution in [0.15, 0.2) is 29.3 Å². The van der Waals surface area contributed by atoms with Crippen LogP contribution in [0.1, 0.15) is 18.9 Å². The summed E-state index contributed by atoms with van der Waals surface area (Å²) in [6.07, 6.45) is -2.66. The van der Waals surface area contributed by atoms with Gasteiger partial charge in [0.2, 0.25) is 0 Å². The first-order valence-electron chi connectivity index (χ1n) is 9.01. The number of nitrogens with one attached hydrogen (secondary N) is 2. The highest BCUT2D eigenvalue weighted by Gasteiger charge is 2.34. The molecule has 0 spiro atoms. The summed E-state index contributed by atoms with van der Waals surface area (Å²) in [4.78, 5) is 6.00. The standard InChI is InChI=1S/C18H25F3N4O.HI/c1-2-22-17(24-14-7-8-25(11-14)12-18(19,20)21)23-10-15-9-13-5-3-4-6-16(13)26-15;/h3-6,14-15H,2,7-12H2,1H3,(H2,22,23,24);1H. The third-order valence-corrected chi connectivity index (χ3v) is 4.53. The summed E-state index contributed by atoms with van der Waals surface area (Å²) in [6.45, 7) is 3.11. The van der Waals surface area contributed by atoms with Gasteiger partial charge in [-0.3, -0.25) is 4.90 Å². The molecule has 0 aliphatic carbocycles. The molecule has 2 unspecified atom stereocenters. The molecule has 1 aromatic carbocycles. The van der Waals surface area contributed by atoms with Crippen molar-refractivity contribution >= 4 is 29.9 Å². The number of hydrogen-bond donors (Lipinski definition) is 2. The number of likely N-dealkylation sites (tertiary alicyclic amines) is 1. The number of halogens is 4. The Morgan fingerprint density at radius 3 is 2.81 bits per heavy atom. The Bertz CT molecular complexity index is 616. The Balaban J connectivity index is 0.00000261. The monoisotopic (exact) mass is 498 g/mol. The van der Waals surface area contributed by atoms with Crippen molar-refractivity contribution in [3.63, 3.8) is 0 Å². The van der Waals surface area contributed by atoms with Gasteiger partial charge < -0.3 is 15.4 Å². The Morgan fingerprint density at radius 2 is 2.11 bits per heavy atom. The van der Waals surface area contributed by atoms with Gasteiger partial charge in [-0.15, -0.1) is 24.0 Å². The Hall–Kier alpha value is -1.23. The molecule has 152 valence electrons. The fraction of sp³-hybridized carbons (Fsp3) is 0.611. The lowest BCUT2D eigenvalue weighted by Crippen LogP contribution is -2.45. The predicted octanol–water partition coefficient (Wildman–Crippen LogP) is 2.80. The average Bonchev–Trinajstić information content (AvgIpc) is 3.17. The molecule has 0 aromatic heterocycles. The third-order valence-electron chi connectivity index (χ3n) is 4.53. The molecular formula is C18H26F3IN4O. The van der Waals surface area contributed by atoms with Crippen LogP contribution < -0.4 is 15.4 Å². The Labute approximate surface area is 174 Å². The van der Waals surface area contributed by atoms with Crippen LogP contribution in [0.2, 0.25) is 0 Å². The minimum Gasteiger partial charge on any atom is -0.488 e. The lowest BCUT2D eigenvalue weighted by molar-refractivity contribution is -0.143. The van der Waals surface area contributed by atoms with Crippen molar-refractivity contribution in [2.45, 2.75) is 38.1 Å². The highest BCUT2D eigenvalue weighted by molar-refractivity contribution is 14.0.